The molecule has 0 N–H and O–H groups in total. The van der Waals surface area contributed by atoms with Gasteiger partial charge in [-0.3, -0.25) is 0 Å². The molecule has 0 saturated heterocycles. The van der Waals surface area contributed by atoms with Crippen LogP contribution in [0.25, 0.3) is 10.1 Å². The monoisotopic (exact) mass is 849 g/mol. The number of anilines is 1. The fourth-order valence-corrected chi connectivity index (χ4v) is 10.7. The summed E-state index contributed by atoms with van der Waals surface area (Å²) in [5.41, 5.74) is 14.3. The molecule has 0 fully saturated rings. The topological polar surface area (TPSA) is 6.48 Å². The summed E-state index contributed by atoms with van der Waals surface area (Å²) < 4.78 is 1.39. The maximum absolute atomic E-state index is 4.80. The van der Waals surface area contributed by atoms with E-state index in [9.17, 15) is 0 Å². The van der Waals surface area contributed by atoms with Gasteiger partial charge in [-0.15, -0.1) is 11.3 Å². The van der Waals surface area contributed by atoms with Crippen molar-refractivity contribution in [3.8, 4) is 0 Å². The second kappa shape index (κ2) is 18.6. The van der Waals surface area contributed by atoms with Crippen LogP contribution in [0, 0.1) is 27.6 Å². The lowest BCUT2D eigenvalue weighted by Crippen LogP contribution is -2.48. The molecule has 332 valence electrons. The van der Waals surface area contributed by atoms with Crippen molar-refractivity contribution in [2.24, 2.45) is 27.6 Å². The highest BCUT2D eigenvalue weighted by atomic mass is 32.1. The summed E-state index contributed by atoms with van der Waals surface area (Å²) in [5.74, 6) is 3.98. The highest BCUT2D eigenvalue weighted by Gasteiger charge is 2.41. The van der Waals surface area contributed by atoms with Crippen molar-refractivity contribution in [2.45, 2.75) is 149 Å². The van der Waals surface area contributed by atoms with Gasteiger partial charge in [0.15, 0.2) is 0 Å². The van der Waals surface area contributed by atoms with E-state index in [0.717, 1.165) is 18.7 Å². The van der Waals surface area contributed by atoms with Crippen LogP contribution in [0.3, 0.4) is 0 Å². The Morgan fingerprint density at radius 3 is 2.03 bits per heavy atom. The average Bonchev–Trinajstić information content (AvgIpc) is 3.56. The summed E-state index contributed by atoms with van der Waals surface area (Å²) >= 11 is 1.98. The lowest BCUT2D eigenvalue weighted by atomic mass is 9.37. The molecule has 5 rings (SSSR count). The van der Waals surface area contributed by atoms with E-state index in [1.165, 1.54) is 83.7 Å². The molecule has 0 amide bonds. The Morgan fingerprint density at radius 1 is 0.903 bits per heavy atom. The maximum atomic E-state index is 4.80. The second-order valence-corrected chi connectivity index (χ2v) is 23.5. The van der Waals surface area contributed by atoms with Crippen molar-refractivity contribution in [2.75, 3.05) is 11.4 Å². The minimum Gasteiger partial charge on any atom is -0.337 e. The first-order valence-corrected chi connectivity index (χ1v) is 24.3. The number of benzene rings is 1. The molecular formula is C58H81BN2S. The zero-order valence-electron chi connectivity index (χ0n) is 42.1. The standard InChI is InChI=1S/C58H81BN2S/c1-21-26-51-50-37-60(32-30-49(57(16,17)18)48(23-3)56(13,14)15)54-53(47-34-45-39(7)28-29-40(8)46(45)35-52(47)62-54)59(50)36-43(33-44(38(5)6)41(9)58(19,20)24-4)61(51)42(22-2)27-25-31-55(10,11)12/h21-23,25-27,30-36,38-40H,2-3,9,24,28-29,37H2,1,4-8,10-20H3/b26-21-,31-25+,32-30+,42-27+,44-33-,49-48-. The zero-order valence-corrected chi connectivity index (χ0v) is 42.9. The molecule has 1 aliphatic carbocycles. The predicted molar refractivity (Wildman–Crippen MR) is 281 cm³/mol. The number of thiophene rings is 1. The molecule has 4 heteroatoms. The Bertz CT molecular complexity index is 2320. The van der Waals surface area contributed by atoms with E-state index in [1.807, 2.05) is 17.4 Å². The van der Waals surface area contributed by atoms with Gasteiger partial charge in [0.1, 0.15) is 0 Å². The van der Waals surface area contributed by atoms with E-state index >= 15 is 0 Å². The minimum absolute atomic E-state index is 0.0317. The Balaban J connectivity index is 1.94. The van der Waals surface area contributed by atoms with E-state index in [4.69, 9.17) is 6.58 Å². The molecule has 0 spiro atoms. The second-order valence-electron chi connectivity index (χ2n) is 22.5. The number of allylic oxidation sites excluding steroid dienone is 13. The summed E-state index contributed by atoms with van der Waals surface area (Å²) in [7, 11) is 0. The van der Waals surface area contributed by atoms with Crippen LogP contribution in [0.4, 0.5) is 5.00 Å². The van der Waals surface area contributed by atoms with Crippen LogP contribution in [0.5, 0.6) is 0 Å². The lowest BCUT2D eigenvalue weighted by molar-refractivity contribution is 0.428. The van der Waals surface area contributed by atoms with E-state index in [1.54, 1.807) is 0 Å². The fourth-order valence-electron chi connectivity index (χ4n) is 9.46. The molecule has 2 unspecified atom stereocenters. The highest BCUT2D eigenvalue weighted by Crippen LogP contribution is 2.47. The molecule has 0 saturated carbocycles. The lowest BCUT2D eigenvalue weighted by Gasteiger charge is -2.41. The van der Waals surface area contributed by atoms with Crippen LogP contribution >= 0.6 is 11.3 Å². The van der Waals surface area contributed by atoms with Crippen molar-refractivity contribution in [1.82, 2.24) is 4.90 Å². The minimum atomic E-state index is -0.0738. The van der Waals surface area contributed by atoms with Crippen molar-refractivity contribution in [1.29, 1.82) is 0 Å². The normalized spacial score (nSPS) is 20.1. The van der Waals surface area contributed by atoms with E-state index in [-0.39, 0.29) is 28.4 Å². The van der Waals surface area contributed by atoms with Crippen LogP contribution in [0.1, 0.15) is 160 Å². The Labute approximate surface area is 384 Å². The van der Waals surface area contributed by atoms with Gasteiger partial charge < -0.3 is 9.80 Å². The number of nitrogens with zero attached hydrogens (tertiary/aromatic N) is 2. The van der Waals surface area contributed by atoms with Gasteiger partial charge in [0.2, 0.25) is 6.71 Å². The van der Waals surface area contributed by atoms with Gasteiger partial charge >= 0.3 is 0 Å². The average molecular weight is 849 g/mol. The number of hydrogen-bond acceptors (Lipinski definition) is 3. The molecule has 2 aliphatic heterocycles. The summed E-state index contributed by atoms with van der Waals surface area (Å²) in [6.45, 7) is 53.7. The van der Waals surface area contributed by atoms with Crippen molar-refractivity contribution in [3.63, 3.8) is 0 Å². The van der Waals surface area contributed by atoms with Gasteiger partial charge in [-0.25, -0.2) is 0 Å². The smallest absolute Gasteiger partial charge is 0.241 e. The zero-order chi connectivity index (χ0) is 46.3. The van der Waals surface area contributed by atoms with Gasteiger partial charge in [-0.05, 0) is 152 Å². The molecule has 2 nitrogen and oxygen atoms in total. The third-order valence-electron chi connectivity index (χ3n) is 13.6. The molecule has 62 heavy (non-hydrogen) atoms. The maximum Gasteiger partial charge on any atom is 0.241 e. The third kappa shape index (κ3) is 10.2. The van der Waals surface area contributed by atoms with E-state index in [2.05, 4.69) is 214 Å². The molecule has 3 heterocycles. The van der Waals surface area contributed by atoms with Crippen LogP contribution in [0.15, 0.2) is 144 Å². The summed E-state index contributed by atoms with van der Waals surface area (Å²) in [5, 5.41) is 2.75. The van der Waals surface area contributed by atoms with Crippen molar-refractivity contribution in [3.05, 3.63) is 155 Å². The molecule has 1 aromatic carbocycles. The van der Waals surface area contributed by atoms with Gasteiger partial charge in [0.05, 0.1) is 5.00 Å². The SMILES string of the molecule is C=C/C(=C(\C=C\N1CC2=C(/C=C\C)N(/C(C=C)=C/C=C/C(C)(C)C)C(/C=C(\C(=C)C(C)(C)CC)C(C)C)=CB2c2c1sc1cc3c(cc21)C(C)CCC3C)C(C)(C)C)C(C)(C)C. The van der Waals surface area contributed by atoms with Gasteiger partial charge in [0.25, 0.3) is 0 Å². The molecular weight excluding hydrogens is 768 g/mol. The Hall–Kier alpha value is -4.02. The van der Waals surface area contributed by atoms with Crippen LogP contribution in [0.2, 0.25) is 0 Å². The number of rotatable bonds is 12. The fraction of sp³-hybridized carbons (Fsp3) is 0.483. The summed E-state index contributed by atoms with van der Waals surface area (Å²) in [6, 6.07) is 5.17. The molecule has 1 aromatic heterocycles. The predicted octanol–water partition coefficient (Wildman–Crippen LogP) is 16.9. The Morgan fingerprint density at radius 2 is 1.52 bits per heavy atom. The first kappa shape index (κ1) is 49.0. The largest absolute Gasteiger partial charge is 0.337 e. The molecule has 0 radical (unpaired) electrons. The highest BCUT2D eigenvalue weighted by molar-refractivity contribution is 7.25. The Kier molecular flexibility index (Phi) is 14.7. The first-order chi connectivity index (χ1) is 28.8. The molecule has 2 aromatic rings. The van der Waals surface area contributed by atoms with Gasteiger partial charge in [0, 0.05) is 34.5 Å². The quantitative estimate of drug-likeness (QED) is 0.155. The van der Waals surface area contributed by atoms with Crippen molar-refractivity contribution >= 4 is 38.6 Å². The van der Waals surface area contributed by atoms with Crippen LogP contribution < -0.4 is 10.4 Å². The summed E-state index contributed by atoms with van der Waals surface area (Å²) in [6.07, 6.45) is 26.2. The van der Waals surface area contributed by atoms with Crippen LogP contribution in [-0.2, 0) is 0 Å². The van der Waals surface area contributed by atoms with Crippen LogP contribution in [-0.4, -0.2) is 18.2 Å². The first-order valence-electron chi connectivity index (χ1n) is 23.5. The number of hydrogen-bond donors (Lipinski definition) is 0. The van der Waals surface area contributed by atoms with E-state index in [0.29, 0.717) is 17.8 Å². The summed E-state index contributed by atoms with van der Waals surface area (Å²) in [4.78, 5) is 5.04. The molecule has 0 bridgehead atoms. The molecule has 2 atom stereocenters. The number of fused-ring (bicyclic) bond motifs is 6. The molecule has 3 aliphatic rings. The third-order valence-corrected chi connectivity index (χ3v) is 14.8. The van der Waals surface area contributed by atoms with Gasteiger partial charge in [-0.1, -0.05) is 167 Å². The van der Waals surface area contributed by atoms with Gasteiger partial charge in [-0.2, -0.15) is 0 Å². The van der Waals surface area contributed by atoms with Crippen molar-refractivity contribution < 1.29 is 0 Å². The van der Waals surface area contributed by atoms with E-state index < -0.39 is 0 Å².